The fraction of sp³-hybridized carbons (Fsp3) is 0.909. The van der Waals surface area contributed by atoms with E-state index in [0.717, 1.165) is 19.4 Å². The van der Waals surface area contributed by atoms with Gasteiger partial charge >= 0.3 is 0 Å². The number of rotatable bonds is 0. The lowest BCUT2D eigenvalue weighted by molar-refractivity contribution is -0.133. The minimum Gasteiger partial charge on any atom is -0.348 e. The highest BCUT2D eigenvalue weighted by molar-refractivity contribution is 5.88. The minimum absolute atomic E-state index is 0.0836. The number of amides is 1. The van der Waals surface area contributed by atoms with Crippen LogP contribution in [-0.2, 0) is 4.79 Å². The summed E-state index contributed by atoms with van der Waals surface area (Å²) in [4.78, 5) is 12.0. The van der Waals surface area contributed by atoms with Crippen LogP contribution in [0, 0.1) is 0 Å². The molecule has 0 aromatic carbocycles. The van der Waals surface area contributed by atoms with Gasteiger partial charge in [-0.25, -0.2) is 0 Å². The van der Waals surface area contributed by atoms with Gasteiger partial charge in [0.15, 0.2) is 0 Å². The molecule has 1 aliphatic carbocycles. The van der Waals surface area contributed by atoms with Gasteiger partial charge in [0.2, 0.25) is 5.91 Å². The molecule has 2 rings (SSSR count). The molecule has 1 amide bonds. The fourth-order valence-corrected chi connectivity index (χ4v) is 2.50. The van der Waals surface area contributed by atoms with Crippen LogP contribution in [0.3, 0.4) is 0 Å². The van der Waals surface area contributed by atoms with Gasteiger partial charge in [-0.05, 0) is 26.7 Å². The molecule has 1 aliphatic heterocycles. The standard InChI is InChI=1S/C11H20N2O/c1-10(2)8-12-11(9(14)13-10)6-4-3-5-7-11/h12H,3-8H2,1-2H3,(H,13,14). The number of carbonyl (C=O) groups is 1. The Morgan fingerprint density at radius 2 is 1.79 bits per heavy atom. The monoisotopic (exact) mass is 196 g/mol. The molecule has 0 bridgehead atoms. The quantitative estimate of drug-likeness (QED) is 0.611. The predicted molar refractivity (Wildman–Crippen MR) is 56.0 cm³/mol. The van der Waals surface area contributed by atoms with Crippen molar-refractivity contribution in [2.45, 2.75) is 57.0 Å². The van der Waals surface area contributed by atoms with Crippen LogP contribution in [0.25, 0.3) is 0 Å². The molecule has 1 saturated heterocycles. The van der Waals surface area contributed by atoms with Gasteiger partial charge in [-0.2, -0.15) is 0 Å². The molecule has 2 fully saturated rings. The largest absolute Gasteiger partial charge is 0.348 e. The lowest BCUT2D eigenvalue weighted by Gasteiger charge is -2.46. The first-order chi connectivity index (χ1) is 6.54. The van der Waals surface area contributed by atoms with E-state index in [9.17, 15) is 4.79 Å². The molecule has 80 valence electrons. The van der Waals surface area contributed by atoms with Gasteiger partial charge in [-0.1, -0.05) is 19.3 Å². The van der Waals surface area contributed by atoms with Crippen molar-refractivity contribution < 1.29 is 4.79 Å². The second kappa shape index (κ2) is 3.23. The summed E-state index contributed by atoms with van der Waals surface area (Å²) in [6.45, 7) is 5.01. The zero-order chi connectivity index (χ0) is 10.2. The van der Waals surface area contributed by atoms with Crippen molar-refractivity contribution in [1.82, 2.24) is 10.6 Å². The van der Waals surface area contributed by atoms with Gasteiger partial charge < -0.3 is 10.6 Å². The molecule has 0 aromatic rings. The second-order valence-electron chi connectivity index (χ2n) is 5.33. The average molecular weight is 196 g/mol. The van der Waals surface area contributed by atoms with Crippen LogP contribution in [0.5, 0.6) is 0 Å². The van der Waals surface area contributed by atoms with E-state index in [0.29, 0.717) is 0 Å². The van der Waals surface area contributed by atoms with Gasteiger partial charge in [0.05, 0.1) is 5.54 Å². The molecule has 1 spiro atoms. The molecule has 3 heteroatoms. The average Bonchev–Trinajstić information content (AvgIpc) is 2.14. The van der Waals surface area contributed by atoms with Crippen molar-refractivity contribution in [3.05, 3.63) is 0 Å². The molecule has 2 N–H and O–H groups in total. The first kappa shape index (κ1) is 9.97. The lowest BCUT2D eigenvalue weighted by atomic mass is 9.78. The van der Waals surface area contributed by atoms with Gasteiger partial charge in [-0.3, -0.25) is 4.79 Å². The number of hydrogen-bond donors (Lipinski definition) is 2. The summed E-state index contributed by atoms with van der Waals surface area (Å²) >= 11 is 0. The summed E-state index contributed by atoms with van der Waals surface area (Å²) in [7, 11) is 0. The van der Waals surface area contributed by atoms with E-state index < -0.39 is 0 Å². The van der Waals surface area contributed by atoms with Crippen molar-refractivity contribution >= 4 is 5.91 Å². The van der Waals surface area contributed by atoms with E-state index in [4.69, 9.17) is 0 Å². The molecule has 14 heavy (non-hydrogen) atoms. The van der Waals surface area contributed by atoms with Crippen LogP contribution < -0.4 is 10.6 Å². The zero-order valence-electron chi connectivity index (χ0n) is 9.15. The Kier molecular flexibility index (Phi) is 2.30. The first-order valence-electron chi connectivity index (χ1n) is 5.62. The Labute approximate surface area is 85.6 Å². The summed E-state index contributed by atoms with van der Waals surface area (Å²) < 4.78 is 0. The van der Waals surface area contributed by atoms with Crippen molar-refractivity contribution in [2.24, 2.45) is 0 Å². The Morgan fingerprint density at radius 3 is 2.36 bits per heavy atom. The van der Waals surface area contributed by atoms with Gasteiger partial charge in [-0.15, -0.1) is 0 Å². The highest BCUT2D eigenvalue weighted by Gasteiger charge is 2.45. The lowest BCUT2D eigenvalue weighted by Crippen LogP contribution is -2.70. The van der Waals surface area contributed by atoms with Crippen LogP contribution in [0.15, 0.2) is 0 Å². The molecule has 0 radical (unpaired) electrons. The van der Waals surface area contributed by atoms with Crippen LogP contribution in [0.1, 0.15) is 46.0 Å². The van der Waals surface area contributed by atoms with Crippen molar-refractivity contribution in [3.8, 4) is 0 Å². The van der Waals surface area contributed by atoms with Gasteiger partial charge in [0, 0.05) is 12.1 Å². The Morgan fingerprint density at radius 1 is 1.14 bits per heavy atom. The minimum atomic E-state index is -0.228. The van der Waals surface area contributed by atoms with E-state index in [1.54, 1.807) is 0 Å². The SMILES string of the molecule is CC1(C)CNC2(CCCCC2)C(=O)N1. The summed E-state index contributed by atoms with van der Waals surface area (Å²) in [5.41, 5.74) is -0.312. The Bertz CT molecular complexity index is 242. The van der Waals surface area contributed by atoms with E-state index in [1.807, 2.05) is 0 Å². The third-order valence-corrected chi connectivity index (χ3v) is 3.46. The molecule has 0 atom stereocenters. The smallest absolute Gasteiger partial charge is 0.240 e. The summed E-state index contributed by atoms with van der Waals surface area (Å²) in [6.07, 6.45) is 5.66. The number of hydrogen-bond acceptors (Lipinski definition) is 2. The van der Waals surface area contributed by atoms with Crippen LogP contribution in [0.2, 0.25) is 0 Å². The maximum absolute atomic E-state index is 12.0. The Balaban J connectivity index is 2.10. The molecule has 3 nitrogen and oxygen atoms in total. The Hall–Kier alpha value is -0.570. The van der Waals surface area contributed by atoms with Crippen molar-refractivity contribution in [2.75, 3.05) is 6.54 Å². The number of nitrogens with one attached hydrogen (secondary N) is 2. The highest BCUT2D eigenvalue weighted by atomic mass is 16.2. The van der Waals surface area contributed by atoms with Gasteiger partial charge in [0.25, 0.3) is 0 Å². The predicted octanol–water partition coefficient (Wildman–Crippen LogP) is 1.19. The van der Waals surface area contributed by atoms with Crippen molar-refractivity contribution in [1.29, 1.82) is 0 Å². The molecular formula is C11H20N2O. The van der Waals surface area contributed by atoms with E-state index >= 15 is 0 Å². The normalized spacial score (nSPS) is 30.0. The van der Waals surface area contributed by atoms with E-state index in [2.05, 4.69) is 24.5 Å². The summed E-state index contributed by atoms with van der Waals surface area (Å²) in [6, 6.07) is 0. The maximum atomic E-state index is 12.0. The fourth-order valence-electron chi connectivity index (χ4n) is 2.50. The van der Waals surface area contributed by atoms with Gasteiger partial charge in [0.1, 0.15) is 0 Å². The molecule has 1 heterocycles. The molecule has 2 aliphatic rings. The molecular weight excluding hydrogens is 176 g/mol. The molecule has 0 aromatic heterocycles. The van der Waals surface area contributed by atoms with E-state index in [1.165, 1.54) is 19.3 Å². The third-order valence-electron chi connectivity index (χ3n) is 3.46. The zero-order valence-corrected chi connectivity index (χ0v) is 9.15. The highest BCUT2D eigenvalue weighted by Crippen LogP contribution is 2.31. The topological polar surface area (TPSA) is 41.1 Å². The van der Waals surface area contributed by atoms with Crippen LogP contribution >= 0.6 is 0 Å². The number of carbonyl (C=O) groups excluding carboxylic acids is 1. The maximum Gasteiger partial charge on any atom is 0.240 e. The van der Waals surface area contributed by atoms with E-state index in [-0.39, 0.29) is 17.0 Å². The van der Waals surface area contributed by atoms with Crippen LogP contribution in [0.4, 0.5) is 0 Å². The van der Waals surface area contributed by atoms with Crippen LogP contribution in [-0.4, -0.2) is 23.5 Å². The molecule has 0 unspecified atom stereocenters. The molecule has 1 saturated carbocycles. The summed E-state index contributed by atoms with van der Waals surface area (Å²) in [5.74, 6) is 0.216. The first-order valence-corrected chi connectivity index (χ1v) is 5.62. The second-order valence-corrected chi connectivity index (χ2v) is 5.33. The van der Waals surface area contributed by atoms with Crippen molar-refractivity contribution in [3.63, 3.8) is 0 Å². The summed E-state index contributed by atoms with van der Waals surface area (Å²) in [5, 5.41) is 6.58. The number of piperazine rings is 1. The third kappa shape index (κ3) is 1.65.